The molecule has 0 heterocycles. The van der Waals surface area contributed by atoms with Crippen LogP contribution in [0.1, 0.15) is 56.6 Å². The molecule has 1 fully saturated rings. The lowest BCUT2D eigenvalue weighted by atomic mass is 9.79. The topological polar surface area (TPSA) is 9.23 Å². The maximum absolute atomic E-state index is 5.48. The minimum atomic E-state index is 0.357. The lowest BCUT2D eigenvalue weighted by Crippen LogP contribution is -2.24. The van der Waals surface area contributed by atoms with Crippen LogP contribution in [0.5, 0.6) is 5.75 Å². The quantitative estimate of drug-likeness (QED) is 0.709. The van der Waals surface area contributed by atoms with Crippen molar-refractivity contribution in [1.82, 2.24) is 0 Å². The average Bonchev–Trinajstić information content (AvgIpc) is 2.87. The first kappa shape index (κ1) is 13.9. The third-order valence-corrected chi connectivity index (χ3v) is 5.35. The fourth-order valence-corrected chi connectivity index (χ4v) is 3.95. The maximum atomic E-state index is 5.48. The third kappa shape index (κ3) is 2.45. The summed E-state index contributed by atoms with van der Waals surface area (Å²) in [6, 6.07) is 6.78. The Morgan fingerprint density at radius 1 is 1.28 bits per heavy atom. The van der Waals surface area contributed by atoms with Crippen LogP contribution in [-0.4, -0.2) is 12.4 Å². The molecule has 1 aliphatic rings. The van der Waals surface area contributed by atoms with Crippen LogP contribution in [0, 0.1) is 0 Å². The van der Waals surface area contributed by atoms with Crippen molar-refractivity contribution >= 4 is 15.9 Å². The van der Waals surface area contributed by atoms with Gasteiger partial charge in [0.25, 0.3) is 0 Å². The van der Waals surface area contributed by atoms with E-state index in [1.54, 1.807) is 7.11 Å². The van der Waals surface area contributed by atoms with Gasteiger partial charge in [-0.3, -0.25) is 0 Å². The molecule has 1 aliphatic carbocycles. The van der Waals surface area contributed by atoms with Gasteiger partial charge in [-0.15, -0.1) is 0 Å². The highest BCUT2D eigenvalue weighted by atomic mass is 79.9. The van der Waals surface area contributed by atoms with Crippen molar-refractivity contribution in [3.05, 3.63) is 29.3 Å². The second-order valence-electron chi connectivity index (χ2n) is 5.73. The zero-order valence-corrected chi connectivity index (χ0v) is 13.2. The Hall–Kier alpha value is -0.500. The number of alkyl halides is 1. The van der Waals surface area contributed by atoms with Crippen LogP contribution < -0.4 is 4.74 Å². The highest BCUT2D eigenvalue weighted by Gasteiger charge is 2.35. The zero-order chi connectivity index (χ0) is 13.2. The molecule has 18 heavy (non-hydrogen) atoms. The molecule has 1 nitrogen and oxygen atoms in total. The molecule has 0 bridgehead atoms. The van der Waals surface area contributed by atoms with E-state index >= 15 is 0 Å². The first-order valence-electron chi connectivity index (χ1n) is 6.87. The number of halogens is 1. The molecule has 0 spiro atoms. The van der Waals surface area contributed by atoms with Gasteiger partial charge in [0.15, 0.2) is 0 Å². The molecule has 0 atom stereocenters. The normalized spacial score (nSPS) is 18.3. The van der Waals surface area contributed by atoms with Crippen molar-refractivity contribution in [3.8, 4) is 5.75 Å². The molecule has 2 heteroatoms. The van der Waals surface area contributed by atoms with Crippen LogP contribution in [0.3, 0.4) is 0 Å². The van der Waals surface area contributed by atoms with E-state index in [0.29, 0.717) is 11.3 Å². The van der Waals surface area contributed by atoms with Crippen LogP contribution in [-0.2, 0) is 5.41 Å². The van der Waals surface area contributed by atoms with Gasteiger partial charge in [-0.1, -0.05) is 54.8 Å². The van der Waals surface area contributed by atoms with Crippen LogP contribution in [0.15, 0.2) is 18.2 Å². The van der Waals surface area contributed by atoms with Gasteiger partial charge in [0.2, 0.25) is 0 Å². The van der Waals surface area contributed by atoms with Gasteiger partial charge in [-0.2, -0.15) is 0 Å². The largest absolute Gasteiger partial charge is 0.496 e. The summed E-state index contributed by atoms with van der Waals surface area (Å²) in [5, 5.41) is 1.07. The molecule has 0 saturated heterocycles. The molecular formula is C16H23BrO. The van der Waals surface area contributed by atoms with Crippen molar-refractivity contribution in [2.24, 2.45) is 0 Å². The fraction of sp³-hybridized carbons (Fsp3) is 0.625. The standard InChI is InChI=1S/C16H23BrO/c1-12(2)14-10-13(6-7-15(14)18-3)16(11-17)8-4-5-9-16/h6-7,10,12H,4-5,8-9,11H2,1-3H3. The predicted molar refractivity (Wildman–Crippen MR) is 81.0 cm³/mol. The summed E-state index contributed by atoms with van der Waals surface area (Å²) in [6.45, 7) is 4.47. The summed E-state index contributed by atoms with van der Waals surface area (Å²) in [6.07, 6.45) is 5.33. The van der Waals surface area contributed by atoms with Crippen molar-refractivity contribution in [3.63, 3.8) is 0 Å². The van der Waals surface area contributed by atoms with E-state index in [0.717, 1.165) is 11.1 Å². The zero-order valence-electron chi connectivity index (χ0n) is 11.6. The number of benzene rings is 1. The van der Waals surface area contributed by atoms with Gasteiger partial charge >= 0.3 is 0 Å². The van der Waals surface area contributed by atoms with Gasteiger partial charge in [-0.05, 0) is 36.0 Å². The summed E-state index contributed by atoms with van der Waals surface area (Å²) in [4.78, 5) is 0. The van der Waals surface area contributed by atoms with Crippen LogP contribution in [0.4, 0.5) is 0 Å². The molecule has 1 aromatic carbocycles. The van der Waals surface area contributed by atoms with E-state index < -0.39 is 0 Å². The fourth-order valence-electron chi connectivity index (χ4n) is 3.07. The lowest BCUT2D eigenvalue weighted by Gasteiger charge is -2.28. The molecule has 0 amide bonds. The smallest absolute Gasteiger partial charge is 0.122 e. The van der Waals surface area contributed by atoms with E-state index in [4.69, 9.17) is 4.74 Å². The Morgan fingerprint density at radius 2 is 1.94 bits per heavy atom. The third-order valence-electron chi connectivity index (χ3n) is 4.28. The number of hydrogen-bond acceptors (Lipinski definition) is 1. The van der Waals surface area contributed by atoms with Gasteiger partial charge in [-0.25, -0.2) is 0 Å². The molecule has 0 radical (unpaired) electrons. The number of rotatable bonds is 4. The highest BCUT2D eigenvalue weighted by molar-refractivity contribution is 9.09. The molecule has 100 valence electrons. The minimum Gasteiger partial charge on any atom is -0.496 e. The van der Waals surface area contributed by atoms with Crippen molar-refractivity contribution in [2.75, 3.05) is 12.4 Å². The number of methoxy groups -OCH3 is 1. The molecule has 0 N–H and O–H groups in total. The molecule has 0 aromatic heterocycles. The maximum Gasteiger partial charge on any atom is 0.122 e. The summed E-state index contributed by atoms with van der Waals surface area (Å²) >= 11 is 3.74. The first-order chi connectivity index (χ1) is 8.63. The van der Waals surface area contributed by atoms with Crippen molar-refractivity contribution < 1.29 is 4.74 Å². The summed E-state index contributed by atoms with van der Waals surface area (Å²) in [7, 11) is 1.76. The summed E-state index contributed by atoms with van der Waals surface area (Å²) in [5.74, 6) is 1.53. The van der Waals surface area contributed by atoms with E-state index in [9.17, 15) is 0 Å². The second-order valence-corrected chi connectivity index (χ2v) is 6.29. The van der Waals surface area contributed by atoms with Gasteiger partial charge in [0.1, 0.15) is 5.75 Å². The Kier molecular flexibility index (Phi) is 4.37. The Bertz CT molecular complexity index is 406. The predicted octanol–water partition coefficient (Wildman–Crippen LogP) is 5.03. The van der Waals surface area contributed by atoms with E-state index in [-0.39, 0.29) is 0 Å². The highest BCUT2D eigenvalue weighted by Crippen LogP contribution is 2.44. The van der Waals surface area contributed by atoms with E-state index in [1.807, 2.05) is 0 Å². The van der Waals surface area contributed by atoms with Crippen LogP contribution >= 0.6 is 15.9 Å². The van der Waals surface area contributed by atoms with Crippen molar-refractivity contribution in [1.29, 1.82) is 0 Å². The number of ether oxygens (including phenoxy) is 1. The summed E-state index contributed by atoms with van der Waals surface area (Å²) < 4.78 is 5.48. The monoisotopic (exact) mass is 310 g/mol. The van der Waals surface area contributed by atoms with Gasteiger partial charge < -0.3 is 4.74 Å². The van der Waals surface area contributed by atoms with Gasteiger partial charge in [0.05, 0.1) is 7.11 Å². The average molecular weight is 311 g/mol. The SMILES string of the molecule is COc1ccc(C2(CBr)CCCC2)cc1C(C)C. The summed E-state index contributed by atoms with van der Waals surface area (Å²) in [5.41, 5.74) is 3.18. The Balaban J connectivity index is 2.42. The first-order valence-corrected chi connectivity index (χ1v) is 7.99. The van der Waals surface area contributed by atoms with Gasteiger partial charge in [0, 0.05) is 10.7 Å². The molecule has 0 unspecified atom stereocenters. The molecule has 2 rings (SSSR count). The molecular weight excluding hydrogens is 288 g/mol. The number of hydrogen-bond donors (Lipinski definition) is 0. The van der Waals surface area contributed by atoms with Crippen molar-refractivity contribution in [2.45, 2.75) is 50.9 Å². The second kappa shape index (κ2) is 5.64. The van der Waals surface area contributed by atoms with Crippen LogP contribution in [0.25, 0.3) is 0 Å². The molecule has 0 aliphatic heterocycles. The Morgan fingerprint density at radius 3 is 2.44 bits per heavy atom. The van der Waals surface area contributed by atoms with E-state index in [2.05, 4.69) is 48.0 Å². The minimum absolute atomic E-state index is 0.357. The lowest BCUT2D eigenvalue weighted by molar-refractivity contribution is 0.406. The van der Waals surface area contributed by atoms with E-state index in [1.165, 1.54) is 36.8 Å². The van der Waals surface area contributed by atoms with Crippen LogP contribution in [0.2, 0.25) is 0 Å². The Labute approximate surface area is 119 Å². The molecule has 1 aromatic rings. The molecule has 1 saturated carbocycles.